The Kier molecular flexibility index (Phi) is 42.4. The Morgan fingerprint density at radius 3 is 1.09 bits per heavy atom. The molecule has 0 heterocycles. The average molecular weight is 773 g/mol. The molecule has 1 atom stereocenters. The van der Waals surface area contributed by atoms with E-state index in [0.29, 0.717) is 19.3 Å². The van der Waals surface area contributed by atoms with E-state index in [-0.39, 0.29) is 37.5 Å². The average Bonchev–Trinajstić information content (AvgIpc) is 3.18. The lowest BCUT2D eigenvalue weighted by atomic mass is 10.0. The first kappa shape index (κ1) is 52.6. The zero-order chi connectivity index (χ0) is 40.1. The maximum Gasteiger partial charge on any atom is 0.306 e. The van der Waals surface area contributed by atoms with Gasteiger partial charge in [0.05, 0.1) is 0 Å². The Labute approximate surface area is 340 Å². The molecule has 0 saturated heterocycles. The fourth-order valence-corrected chi connectivity index (χ4v) is 6.64. The summed E-state index contributed by atoms with van der Waals surface area (Å²) >= 11 is 0. The second-order valence-corrected chi connectivity index (χ2v) is 15.6. The third kappa shape index (κ3) is 42.6. The molecule has 0 N–H and O–H groups in total. The van der Waals surface area contributed by atoms with Crippen molar-refractivity contribution in [2.24, 2.45) is 0 Å². The molecule has 1 unspecified atom stereocenters. The number of esters is 3. The Balaban J connectivity index is 4.35. The van der Waals surface area contributed by atoms with Gasteiger partial charge in [-0.1, -0.05) is 211 Å². The summed E-state index contributed by atoms with van der Waals surface area (Å²) < 4.78 is 16.7. The van der Waals surface area contributed by atoms with Crippen LogP contribution in [-0.4, -0.2) is 37.2 Å². The lowest BCUT2D eigenvalue weighted by Crippen LogP contribution is -2.30. The summed E-state index contributed by atoms with van der Waals surface area (Å²) in [6.07, 6.45) is 50.0. The first-order valence-corrected chi connectivity index (χ1v) is 23.5. The van der Waals surface area contributed by atoms with Crippen molar-refractivity contribution in [3.63, 3.8) is 0 Å². The third-order valence-corrected chi connectivity index (χ3v) is 10.2. The van der Waals surface area contributed by atoms with Crippen LogP contribution in [0.25, 0.3) is 0 Å². The van der Waals surface area contributed by atoms with Crippen LogP contribution in [0.15, 0.2) is 36.5 Å². The van der Waals surface area contributed by atoms with E-state index in [0.717, 1.165) is 64.2 Å². The van der Waals surface area contributed by atoms with Crippen LogP contribution in [0.2, 0.25) is 0 Å². The molecule has 0 aromatic rings. The van der Waals surface area contributed by atoms with Crippen molar-refractivity contribution in [2.45, 2.75) is 245 Å². The summed E-state index contributed by atoms with van der Waals surface area (Å²) in [5.41, 5.74) is 0. The van der Waals surface area contributed by atoms with Gasteiger partial charge in [-0.15, -0.1) is 0 Å². The van der Waals surface area contributed by atoms with Gasteiger partial charge in [0, 0.05) is 19.3 Å². The summed E-state index contributed by atoms with van der Waals surface area (Å²) in [4.78, 5) is 37.7. The molecule has 0 spiro atoms. The van der Waals surface area contributed by atoms with Gasteiger partial charge in [-0.3, -0.25) is 14.4 Å². The molecule has 6 nitrogen and oxygen atoms in total. The second kappa shape index (κ2) is 44.3. The second-order valence-electron chi connectivity index (χ2n) is 15.6. The molecule has 0 aliphatic carbocycles. The first-order valence-electron chi connectivity index (χ1n) is 23.5. The van der Waals surface area contributed by atoms with Crippen LogP contribution >= 0.6 is 0 Å². The SMILES string of the molecule is CC/C=C\C/C=C\C/C=C\CCCC(=O)OC(COC(=O)CCCCCCCCCCCC)COC(=O)CCCCCCCCCCCCCCCCCC. The highest BCUT2D eigenvalue weighted by Crippen LogP contribution is 2.15. The van der Waals surface area contributed by atoms with Gasteiger partial charge in [-0.05, 0) is 44.9 Å². The molecule has 0 saturated carbocycles. The van der Waals surface area contributed by atoms with Gasteiger partial charge >= 0.3 is 17.9 Å². The minimum atomic E-state index is -0.790. The van der Waals surface area contributed by atoms with Crippen LogP contribution in [0.4, 0.5) is 0 Å². The van der Waals surface area contributed by atoms with Crippen LogP contribution in [0.1, 0.15) is 239 Å². The van der Waals surface area contributed by atoms with Crippen molar-refractivity contribution in [1.29, 1.82) is 0 Å². The molecule has 0 aromatic heterocycles. The molecular weight excluding hydrogens is 685 g/mol. The minimum Gasteiger partial charge on any atom is -0.462 e. The number of carbonyl (C=O) groups excluding carboxylic acids is 3. The van der Waals surface area contributed by atoms with Gasteiger partial charge in [0.15, 0.2) is 6.10 Å². The van der Waals surface area contributed by atoms with E-state index in [1.807, 2.05) is 0 Å². The van der Waals surface area contributed by atoms with Crippen molar-refractivity contribution in [3.8, 4) is 0 Å². The van der Waals surface area contributed by atoms with Crippen molar-refractivity contribution >= 4 is 17.9 Å². The number of ether oxygens (including phenoxy) is 3. The van der Waals surface area contributed by atoms with Gasteiger partial charge in [-0.2, -0.15) is 0 Å². The Morgan fingerprint density at radius 2 is 0.709 bits per heavy atom. The van der Waals surface area contributed by atoms with Crippen LogP contribution < -0.4 is 0 Å². The lowest BCUT2D eigenvalue weighted by molar-refractivity contribution is -0.167. The summed E-state index contributed by atoms with van der Waals surface area (Å²) in [6.45, 7) is 6.47. The van der Waals surface area contributed by atoms with Crippen molar-refractivity contribution in [2.75, 3.05) is 13.2 Å². The Hall–Kier alpha value is -2.37. The van der Waals surface area contributed by atoms with E-state index in [1.54, 1.807) is 0 Å². The van der Waals surface area contributed by atoms with E-state index < -0.39 is 6.10 Å². The normalized spacial score (nSPS) is 12.3. The topological polar surface area (TPSA) is 78.9 Å². The zero-order valence-corrected chi connectivity index (χ0v) is 36.4. The molecule has 0 amide bonds. The van der Waals surface area contributed by atoms with Crippen LogP contribution in [0.3, 0.4) is 0 Å². The Morgan fingerprint density at radius 1 is 0.382 bits per heavy atom. The highest BCUT2D eigenvalue weighted by Gasteiger charge is 2.19. The van der Waals surface area contributed by atoms with Gasteiger partial charge in [-0.25, -0.2) is 0 Å². The third-order valence-electron chi connectivity index (χ3n) is 10.2. The number of unbranched alkanes of at least 4 members (excludes halogenated alkanes) is 25. The van der Waals surface area contributed by atoms with Crippen LogP contribution in [0, 0.1) is 0 Å². The molecule has 0 aromatic carbocycles. The van der Waals surface area contributed by atoms with Crippen molar-refractivity contribution in [3.05, 3.63) is 36.5 Å². The number of allylic oxidation sites excluding steroid dienone is 6. The minimum absolute atomic E-state index is 0.0886. The molecular formula is C49H88O6. The summed E-state index contributed by atoms with van der Waals surface area (Å²) in [5.74, 6) is -0.940. The number of hydrogen-bond acceptors (Lipinski definition) is 6. The van der Waals surface area contributed by atoms with E-state index in [9.17, 15) is 14.4 Å². The van der Waals surface area contributed by atoms with Crippen molar-refractivity contribution in [1.82, 2.24) is 0 Å². The zero-order valence-electron chi connectivity index (χ0n) is 36.4. The fourth-order valence-electron chi connectivity index (χ4n) is 6.64. The molecule has 55 heavy (non-hydrogen) atoms. The highest BCUT2D eigenvalue weighted by atomic mass is 16.6. The molecule has 6 heteroatoms. The molecule has 0 rings (SSSR count). The highest BCUT2D eigenvalue weighted by molar-refractivity contribution is 5.71. The van der Waals surface area contributed by atoms with Crippen LogP contribution in [-0.2, 0) is 28.6 Å². The van der Waals surface area contributed by atoms with Gasteiger partial charge in [0.1, 0.15) is 13.2 Å². The number of carbonyl (C=O) groups is 3. The lowest BCUT2D eigenvalue weighted by Gasteiger charge is -2.18. The standard InChI is InChI=1S/C49H88O6/c1-4-7-10-13-16-19-22-23-24-25-26-28-30-33-36-39-42-48(51)54-45-46(44-53-47(50)41-38-35-32-29-21-18-15-12-9-6-3)55-49(52)43-40-37-34-31-27-20-17-14-11-8-5-2/h8,11,17,20,31,34,46H,4-7,9-10,12-16,18-19,21-30,32-33,35-45H2,1-3H3/b11-8-,20-17-,34-31-. The maximum absolute atomic E-state index is 12.7. The predicted octanol–water partition coefficient (Wildman–Crippen LogP) is 15.0. The van der Waals surface area contributed by atoms with E-state index >= 15 is 0 Å². The summed E-state index contributed by atoms with van der Waals surface area (Å²) in [5, 5.41) is 0. The molecule has 0 aliphatic heterocycles. The van der Waals surface area contributed by atoms with E-state index in [2.05, 4.69) is 57.2 Å². The van der Waals surface area contributed by atoms with Crippen molar-refractivity contribution < 1.29 is 28.6 Å². The Bertz CT molecular complexity index is 938. The number of rotatable bonds is 42. The molecule has 0 fully saturated rings. The van der Waals surface area contributed by atoms with Gasteiger partial charge < -0.3 is 14.2 Å². The van der Waals surface area contributed by atoms with Gasteiger partial charge in [0.2, 0.25) is 0 Å². The smallest absolute Gasteiger partial charge is 0.306 e. The largest absolute Gasteiger partial charge is 0.462 e. The number of hydrogen-bond donors (Lipinski definition) is 0. The fraction of sp³-hybridized carbons (Fsp3) is 0.816. The molecule has 0 bridgehead atoms. The monoisotopic (exact) mass is 773 g/mol. The molecule has 320 valence electrons. The quantitative estimate of drug-likeness (QED) is 0.0266. The first-order chi connectivity index (χ1) is 27.0. The van der Waals surface area contributed by atoms with E-state index in [1.165, 1.54) is 128 Å². The van der Waals surface area contributed by atoms with Crippen LogP contribution in [0.5, 0.6) is 0 Å². The molecule has 0 aliphatic rings. The summed E-state index contributed by atoms with van der Waals surface area (Å²) in [6, 6.07) is 0. The summed E-state index contributed by atoms with van der Waals surface area (Å²) in [7, 11) is 0. The van der Waals surface area contributed by atoms with E-state index in [4.69, 9.17) is 14.2 Å². The van der Waals surface area contributed by atoms with Gasteiger partial charge in [0.25, 0.3) is 0 Å². The maximum atomic E-state index is 12.7. The predicted molar refractivity (Wildman–Crippen MR) is 233 cm³/mol. The molecule has 0 radical (unpaired) electrons.